The van der Waals surface area contributed by atoms with Gasteiger partial charge < -0.3 is 8.85 Å². The van der Waals surface area contributed by atoms with Gasteiger partial charge in [0.1, 0.15) is 0 Å². The summed E-state index contributed by atoms with van der Waals surface area (Å²) in [5.41, 5.74) is 1.46. The van der Waals surface area contributed by atoms with Gasteiger partial charge in [-0.25, -0.2) is 0 Å². The Morgan fingerprint density at radius 3 is 1.60 bits per heavy atom. The molecule has 0 aromatic rings. The minimum absolute atomic E-state index is 0.731. The van der Waals surface area contributed by atoms with E-state index in [9.17, 15) is 0 Å². The Labute approximate surface area is 95.6 Å². The van der Waals surface area contributed by atoms with Crippen LogP contribution >= 0.6 is 0 Å². The van der Waals surface area contributed by atoms with Gasteiger partial charge in [0, 0.05) is 25.3 Å². The van der Waals surface area contributed by atoms with E-state index in [1.54, 1.807) is 0 Å². The van der Waals surface area contributed by atoms with E-state index in [2.05, 4.69) is 13.8 Å². The molecule has 2 atom stereocenters. The lowest BCUT2D eigenvalue weighted by Crippen LogP contribution is -2.45. The lowest BCUT2D eigenvalue weighted by Gasteiger charge is -2.34. The molecule has 0 aromatic carbocycles. The van der Waals surface area contributed by atoms with Crippen molar-refractivity contribution in [3.05, 3.63) is 0 Å². The highest BCUT2D eigenvalue weighted by Crippen LogP contribution is 2.51. The minimum Gasteiger partial charge on any atom is -0.397 e. The van der Waals surface area contributed by atoms with E-state index in [1.807, 2.05) is 14.2 Å². The fourth-order valence-corrected chi connectivity index (χ4v) is 7.96. The maximum absolute atomic E-state index is 5.89. The van der Waals surface area contributed by atoms with Gasteiger partial charge in [-0.2, -0.15) is 0 Å². The highest BCUT2D eigenvalue weighted by molar-refractivity contribution is 6.71. The Hall–Kier alpha value is 0.137. The van der Waals surface area contributed by atoms with E-state index >= 15 is 0 Å². The molecular weight excluding hydrogens is 204 g/mol. The van der Waals surface area contributed by atoms with Crippen LogP contribution < -0.4 is 0 Å². The quantitative estimate of drug-likeness (QED) is 0.645. The van der Waals surface area contributed by atoms with Gasteiger partial charge in [-0.05, 0) is 25.7 Å². The summed E-state index contributed by atoms with van der Waals surface area (Å²) >= 11 is 0. The molecule has 1 aliphatic rings. The molecule has 1 heterocycles. The van der Waals surface area contributed by atoms with Gasteiger partial charge >= 0.3 is 8.56 Å². The molecule has 0 aromatic heterocycles. The predicted molar refractivity (Wildman–Crippen MR) is 66.3 cm³/mol. The molecule has 1 rings (SSSR count). The largest absolute Gasteiger partial charge is 0.397 e. The molecule has 0 saturated carbocycles. The third-order valence-electron chi connectivity index (χ3n) is 3.91. The highest BCUT2D eigenvalue weighted by atomic mass is 28.4. The van der Waals surface area contributed by atoms with E-state index < -0.39 is 8.56 Å². The maximum Gasteiger partial charge on any atom is 0.344 e. The lowest BCUT2D eigenvalue weighted by atomic mass is 10.1. The zero-order chi connectivity index (χ0) is 11.3. The number of hydrogen-bond acceptors (Lipinski definition) is 2. The topological polar surface area (TPSA) is 18.5 Å². The summed E-state index contributed by atoms with van der Waals surface area (Å²) in [7, 11) is 1.85. The molecule has 2 nitrogen and oxygen atoms in total. The van der Waals surface area contributed by atoms with Crippen molar-refractivity contribution in [2.75, 3.05) is 14.2 Å². The SMILES string of the molecule is CCCC1CCC(CCC)[Si]1(OC)OC. The molecular formula is C12H26O2Si. The molecule has 0 radical (unpaired) electrons. The minimum atomic E-state index is -1.88. The van der Waals surface area contributed by atoms with Gasteiger partial charge in [0.2, 0.25) is 0 Å². The molecule has 2 unspecified atom stereocenters. The Morgan fingerprint density at radius 2 is 1.33 bits per heavy atom. The summed E-state index contributed by atoms with van der Waals surface area (Å²) in [5.74, 6) is 0. The van der Waals surface area contributed by atoms with Crippen LogP contribution in [0.1, 0.15) is 52.4 Å². The van der Waals surface area contributed by atoms with Crippen LogP contribution in [0.3, 0.4) is 0 Å². The maximum atomic E-state index is 5.89. The summed E-state index contributed by atoms with van der Waals surface area (Å²) in [6, 6.07) is 0. The summed E-state index contributed by atoms with van der Waals surface area (Å²) in [6.45, 7) is 4.52. The van der Waals surface area contributed by atoms with Crippen molar-refractivity contribution >= 4 is 8.56 Å². The molecule has 90 valence electrons. The number of rotatable bonds is 6. The third-order valence-corrected chi connectivity index (χ3v) is 8.62. The summed E-state index contributed by atoms with van der Waals surface area (Å²) in [6.07, 6.45) is 7.73. The van der Waals surface area contributed by atoms with Crippen molar-refractivity contribution in [3.63, 3.8) is 0 Å². The van der Waals surface area contributed by atoms with Crippen LogP contribution in [-0.2, 0) is 8.85 Å². The monoisotopic (exact) mass is 230 g/mol. The zero-order valence-corrected chi connectivity index (χ0v) is 11.7. The third kappa shape index (κ3) is 2.45. The standard InChI is InChI=1S/C12H26O2Si/c1-5-7-11-9-10-12(8-6-2)15(11,13-3)14-4/h11-12H,5-10H2,1-4H3. The molecule has 0 spiro atoms. The van der Waals surface area contributed by atoms with Crippen molar-refractivity contribution in [2.45, 2.75) is 63.5 Å². The molecule has 1 aliphatic heterocycles. The molecule has 0 aliphatic carbocycles. The Bertz CT molecular complexity index is 164. The second-order valence-corrected chi connectivity index (χ2v) is 8.57. The lowest BCUT2D eigenvalue weighted by molar-refractivity contribution is 0.223. The van der Waals surface area contributed by atoms with Gasteiger partial charge in [0.05, 0.1) is 0 Å². The molecule has 15 heavy (non-hydrogen) atoms. The highest BCUT2D eigenvalue weighted by Gasteiger charge is 2.54. The van der Waals surface area contributed by atoms with Crippen molar-refractivity contribution in [3.8, 4) is 0 Å². The van der Waals surface area contributed by atoms with E-state index in [0.717, 1.165) is 11.1 Å². The second-order valence-electron chi connectivity index (χ2n) is 4.68. The van der Waals surface area contributed by atoms with E-state index in [0.29, 0.717) is 0 Å². The van der Waals surface area contributed by atoms with Crippen LogP contribution in [-0.4, -0.2) is 22.8 Å². The van der Waals surface area contributed by atoms with Crippen LogP contribution in [0.4, 0.5) is 0 Å². The van der Waals surface area contributed by atoms with Crippen molar-refractivity contribution in [1.29, 1.82) is 0 Å². The first kappa shape index (κ1) is 13.2. The van der Waals surface area contributed by atoms with Crippen molar-refractivity contribution in [2.24, 2.45) is 0 Å². The summed E-state index contributed by atoms with van der Waals surface area (Å²) < 4.78 is 11.8. The first-order chi connectivity index (χ1) is 7.25. The molecule has 3 heteroatoms. The van der Waals surface area contributed by atoms with Gasteiger partial charge in [-0.1, -0.05) is 26.7 Å². The van der Waals surface area contributed by atoms with Gasteiger partial charge in [-0.15, -0.1) is 0 Å². The van der Waals surface area contributed by atoms with Crippen LogP contribution in [0.5, 0.6) is 0 Å². The van der Waals surface area contributed by atoms with Gasteiger partial charge in [0.25, 0.3) is 0 Å². The van der Waals surface area contributed by atoms with Crippen LogP contribution in [0.25, 0.3) is 0 Å². The fourth-order valence-electron chi connectivity index (χ4n) is 3.28. The molecule has 0 amide bonds. The average Bonchev–Trinajstić information content (AvgIpc) is 2.59. The normalized spacial score (nSPS) is 29.6. The van der Waals surface area contributed by atoms with Crippen LogP contribution in [0, 0.1) is 0 Å². The molecule has 0 N–H and O–H groups in total. The Morgan fingerprint density at radius 1 is 0.933 bits per heavy atom. The van der Waals surface area contributed by atoms with Gasteiger partial charge in [-0.3, -0.25) is 0 Å². The smallest absolute Gasteiger partial charge is 0.344 e. The first-order valence-corrected chi connectivity index (χ1v) is 8.32. The molecule has 1 saturated heterocycles. The van der Waals surface area contributed by atoms with E-state index in [-0.39, 0.29) is 0 Å². The number of hydrogen-bond donors (Lipinski definition) is 0. The second kappa shape index (κ2) is 6.02. The zero-order valence-electron chi connectivity index (χ0n) is 10.7. The van der Waals surface area contributed by atoms with E-state index in [1.165, 1.54) is 38.5 Å². The molecule has 0 bridgehead atoms. The van der Waals surface area contributed by atoms with Crippen LogP contribution in [0.2, 0.25) is 11.1 Å². The fraction of sp³-hybridized carbons (Fsp3) is 1.00. The van der Waals surface area contributed by atoms with Crippen molar-refractivity contribution in [1.82, 2.24) is 0 Å². The Balaban J connectivity index is 2.75. The van der Waals surface area contributed by atoms with Gasteiger partial charge in [0.15, 0.2) is 0 Å². The summed E-state index contributed by atoms with van der Waals surface area (Å²) in [4.78, 5) is 0. The first-order valence-electron chi connectivity index (χ1n) is 6.35. The Kier molecular flexibility index (Phi) is 5.30. The summed E-state index contributed by atoms with van der Waals surface area (Å²) in [5, 5.41) is 0. The van der Waals surface area contributed by atoms with E-state index in [4.69, 9.17) is 8.85 Å². The van der Waals surface area contributed by atoms with Crippen molar-refractivity contribution < 1.29 is 8.85 Å². The van der Waals surface area contributed by atoms with Crippen LogP contribution in [0.15, 0.2) is 0 Å². The molecule has 1 fully saturated rings. The average molecular weight is 230 g/mol. The predicted octanol–water partition coefficient (Wildman–Crippen LogP) is 3.86.